The standard InChI is InChI=1S/C20H23N3O/c1-13-11-14(24-2)9-10-15(13)19-16-7-5-3-4-6-8-18(16)23-20(22)17(19)12-21/h9-11H,3-8H2,1-2H3,(H2,22,23). The molecule has 0 saturated heterocycles. The first-order chi connectivity index (χ1) is 11.7. The molecule has 0 saturated carbocycles. The first kappa shape index (κ1) is 16.3. The molecule has 0 aliphatic heterocycles. The molecule has 124 valence electrons. The number of pyridine rings is 1. The molecule has 4 nitrogen and oxygen atoms in total. The molecule has 1 aromatic heterocycles. The molecule has 3 rings (SSSR count). The number of ether oxygens (including phenoxy) is 1. The summed E-state index contributed by atoms with van der Waals surface area (Å²) in [5.41, 5.74) is 12.0. The molecule has 0 atom stereocenters. The Labute approximate surface area is 143 Å². The second-order valence-corrected chi connectivity index (χ2v) is 6.38. The summed E-state index contributed by atoms with van der Waals surface area (Å²) >= 11 is 0. The van der Waals surface area contributed by atoms with Crippen LogP contribution in [0.1, 0.15) is 48.1 Å². The molecule has 0 radical (unpaired) electrons. The summed E-state index contributed by atoms with van der Waals surface area (Å²) in [5, 5.41) is 9.68. The van der Waals surface area contributed by atoms with Gasteiger partial charge >= 0.3 is 0 Å². The second kappa shape index (κ2) is 6.92. The summed E-state index contributed by atoms with van der Waals surface area (Å²) in [4.78, 5) is 4.57. The zero-order valence-corrected chi connectivity index (χ0v) is 14.4. The number of nitrogens with zero attached hydrogens (tertiary/aromatic N) is 2. The predicted octanol–water partition coefficient (Wildman–Crippen LogP) is 4.18. The largest absolute Gasteiger partial charge is 0.497 e. The number of hydrogen-bond acceptors (Lipinski definition) is 4. The van der Waals surface area contributed by atoms with Crippen LogP contribution in [0.3, 0.4) is 0 Å². The van der Waals surface area contributed by atoms with Crippen molar-refractivity contribution in [3.63, 3.8) is 0 Å². The van der Waals surface area contributed by atoms with E-state index in [1.807, 2.05) is 25.1 Å². The summed E-state index contributed by atoms with van der Waals surface area (Å²) in [6.07, 6.45) is 6.62. The lowest BCUT2D eigenvalue weighted by Crippen LogP contribution is -2.10. The van der Waals surface area contributed by atoms with Crippen molar-refractivity contribution in [2.45, 2.75) is 45.4 Å². The van der Waals surface area contributed by atoms with Gasteiger partial charge in [0.1, 0.15) is 23.2 Å². The fraction of sp³-hybridized carbons (Fsp3) is 0.400. The van der Waals surface area contributed by atoms with Crippen molar-refractivity contribution in [1.29, 1.82) is 5.26 Å². The summed E-state index contributed by atoms with van der Waals surface area (Å²) in [5.74, 6) is 1.17. The monoisotopic (exact) mass is 321 g/mol. The molecule has 0 amide bonds. The van der Waals surface area contributed by atoms with Crippen LogP contribution in [0.5, 0.6) is 5.75 Å². The van der Waals surface area contributed by atoms with Crippen LogP contribution in [0.15, 0.2) is 18.2 Å². The summed E-state index contributed by atoms with van der Waals surface area (Å²) in [7, 11) is 1.66. The topological polar surface area (TPSA) is 71.9 Å². The molecule has 0 unspecified atom stereocenters. The number of nitriles is 1. The lowest BCUT2D eigenvalue weighted by atomic mass is 9.86. The molecule has 2 aromatic rings. The van der Waals surface area contributed by atoms with E-state index in [4.69, 9.17) is 10.5 Å². The van der Waals surface area contributed by atoms with Crippen LogP contribution >= 0.6 is 0 Å². The van der Waals surface area contributed by atoms with Gasteiger partial charge in [0.25, 0.3) is 0 Å². The van der Waals surface area contributed by atoms with Crippen molar-refractivity contribution in [2.24, 2.45) is 0 Å². The molecule has 2 N–H and O–H groups in total. The van der Waals surface area contributed by atoms with Gasteiger partial charge in [-0.3, -0.25) is 0 Å². The van der Waals surface area contributed by atoms with Crippen LogP contribution in [0.4, 0.5) is 5.82 Å². The van der Waals surface area contributed by atoms with Crippen molar-refractivity contribution in [1.82, 2.24) is 4.98 Å². The van der Waals surface area contributed by atoms with Crippen molar-refractivity contribution >= 4 is 5.82 Å². The molecule has 1 aliphatic rings. The van der Waals surface area contributed by atoms with Crippen LogP contribution in [0.25, 0.3) is 11.1 Å². The highest BCUT2D eigenvalue weighted by Gasteiger charge is 2.21. The number of fused-ring (bicyclic) bond motifs is 1. The average molecular weight is 321 g/mol. The Bertz CT molecular complexity index is 806. The van der Waals surface area contributed by atoms with Crippen LogP contribution in [-0.2, 0) is 12.8 Å². The number of aromatic nitrogens is 1. The predicted molar refractivity (Wildman–Crippen MR) is 96.0 cm³/mol. The molecule has 24 heavy (non-hydrogen) atoms. The lowest BCUT2D eigenvalue weighted by molar-refractivity contribution is 0.414. The van der Waals surface area contributed by atoms with Crippen LogP contribution < -0.4 is 10.5 Å². The van der Waals surface area contributed by atoms with Gasteiger partial charge in [-0.1, -0.05) is 18.9 Å². The normalized spacial score (nSPS) is 14.2. The zero-order valence-electron chi connectivity index (χ0n) is 14.4. The highest BCUT2D eigenvalue weighted by Crippen LogP contribution is 2.37. The van der Waals surface area contributed by atoms with Crippen molar-refractivity contribution in [2.75, 3.05) is 12.8 Å². The van der Waals surface area contributed by atoms with Gasteiger partial charge < -0.3 is 10.5 Å². The number of anilines is 1. The van der Waals surface area contributed by atoms with Crippen molar-refractivity contribution in [3.8, 4) is 22.9 Å². The highest BCUT2D eigenvalue weighted by atomic mass is 16.5. The molecule has 0 fully saturated rings. The summed E-state index contributed by atoms with van der Waals surface area (Å²) in [6.45, 7) is 2.05. The average Bonchev–Trinajstić information content (AvgIpc) is 2.55. The van der Waals surface area contributed by atoms with Crippen LogP contribution in [-0.4, -0.2) is 12.1 Å². The van der Waals surface area contributed by atoms with Gasteiger partial charge in [0, 0.05) is 11.3 Å². The van der Waals surface area contributed by atoms with Gasteiger partial charge in [-0.25, -0.2) is 4.98 Å². The van der Waals surface area contributed by atoms with E-state index in [0.29, 0.717) is 11.4 Å². The van der Waals surface area contributed by atoms with Crippen LogP contribution in [0, 0.1) is 18.3 Å². The van der Waals surface area contributed by atoms with Gasteiger partial charge in [-0.05, 0) is 61.4 Å². The maximum Gasteiger partial charge on any atom is 0.142 e. The lowest BCUT2D eigenvalue weighted by Gasteiger charge is -2.21. The molecular formula is C20H23N3O. The van der Waals surface area contributed by atoms with Gasteiger partial charge in [-0.2, -0.15) is 5.26 Å². The van der Waals surface area contributed by atoms with Gasteiger partial charge in [0.15, 0.2) is 0 Å². The number of nitrogen functional groups attached to an aromatic ring is 1. The van der Waals surface area contributed by atoms with Gasteiger partial charge in [0.2, 0.25) is 0 Å². The fourth-order valence-corrected chi connectivity index (χ4v) is 3.57. The Hall–Kier alpha value is -2.54. The van der Waals surface area contributed by atoms with E-state index in [0.717, 1.165) is 53.8 Å². The summed E-state index contributed by atoms with van der Waals surface area (Å²) < 4.78 is 5.31. The van der Waals surface area contributed by atoms with E-state index >= 15 is 0 Å². The summed E-state index contributed by atoms with van der Waals surface area (Å²) in [6, 6.07) is 8.26. The Morgan fingerprint density at radius 2 is 1.92 bits per heavy atom. The first-order valence-electron chi connectivity index (χ1n) is 8.52. The molecule has 4 heteroatoms. The first-order valence-corrected chi connectivity index (χ1v) is 8.52. The third-order valence-electron chi connectivity index (χ3n) is 4.82. The highest BCUT2D eigenvalue weighted by molar-refractivity contribution is 5.81. The molecule has 1 aliphatic carbocycles. The minimum Gasteiger partial charge on any atom is -0.497 e. The van der Waals surface area contributed by atoms with E-state index in [1.54, 1.807) is 7.11 Å². The number of benzene rings is 1. The van der Waals surface area contributed by atoms with Gasteiger partial charge in [-0.15, -0.1) is 0 Å². The Kier molecular flexibility index (Phi) is 4.71. The van der Waals surface area contributed by atoms with E-state index in [-0.39, 0.29) is 0 Å². The minimum absolute atomic E-state index is 0.349. The Morgan fingerprint density at radius 1 is 1.17 bits per heavy atom. The molecule has 1 heterocycles. The quantitative estimate of drug-likeness (QED) is 0.900. The minimum atomic E-state index is 0.349. The SMILES string of the molecule is COc1ccc(-c2c(C#N)c(N)nc3c2CCCCCC3)c(C)c1. The van der Waals surface area contributed by atoms with E-state index < -0.39 is 0 Å². The maximum atomic E-state index is 9.68. The van der Waals surface area contributed by atoms with Crippen molar-refractivity contribution < 1.29 is 4.74 Å². The van der Waals surface area contributed by atoms with Crippen molar-refractivity contribution in [3.05, 3.63) is 40.6 Å². The molecule has 1 aromatic carbocycles. The third kappa shape index (κ3) is 2.94. The van der Waals surface area contributed by atoms with Gasteiger partial charge in [0.05, 0.1) is 7.11 Å². The number of aryl methyl sites for hydroxylation is 2. The smallest absolute Gasteiger partial charge is 0.142 e. The number of hydrogen-bond donors (Lipinski definition) is 1. The Morgan fingerprint density at radius 3 is 2.58 bits per heavy atom. The maximum absolute atomic E-state index is 9.68. The number of nitrogens with two attached hydrogens (primary N) is 1. The zero-order chi connectivity index (χ0) is 17.1. The fourth-order valence-electron chi connectivity index (χ4n) is 3.57. The third-order valence-corrected chi connectivity index (χ3v) is 4.82. The van der Waals surface area contributed by atoms with E-state index in [1.165, 1.54) is 18.4 Å². The molecule has 0 bridgehead atoms. The van der Waals surface area contributed by atoms with E-state index in [9.17, 15) is 5.26 Å². The Balaban J connectivity index is 2.27. The second-order valence-electron chi connectivity index (χ2n) is 6.38. The number of rotatable bonds is 2. The number of methoxy groups -OCH3 is 1. The van der Waals surface area contributed by atoms with E-state index in [2.05, 4.69) is 11.1 Å². The molecular weight excluding hydrogens is 298 g/mol. The van der Waals surface area contributed by atoms with Crippen LogP contribution in [0.2, 0.25) is 0 Å². The molecule has 0 spiro atoms.